The van der Waals surface area contributed by atoms with Crippen molar-refractivity contribution in [2.24, 2.45) is 0 Å². The highest BCUT2D eigenvalue weighted by molar-refractivity contribution is 6.56. The Morgan fingerprint density at radius 2 is 1.40 bits per heavy atom. The molecule has 0 unspecified atom stereocenters. The summed E-state index contributed by atoms with van der Waals surface area (Å²) in [4.78, 5) is 25.1. The first-order chi connectivity index (χ1) is 9.38. The molecule has 8 heteroatoms. The average Bonchev–Trinajstić information content (AvgIpc) is 2.45. The number of rotatable bonds is 2. The Kier molecular flexibility index (Phi) is 4.67. The predicted octanol–water partition coefficient (Wildman–Crippen LogP) is 5.12. The largest absolute Gasteiger partial charge is 0.328 e. The minimum Gasteiger partial charge on any atom is -0.328 e. The van der Waals surface area contributed by atoms with Crippen molar-refractivity contribution in [2.45, 2.75) is 0 Å². The van der Waals surface area contributed by atoms with E-state index in [1.54, 1.807) is 0 Å². The minimum absolute atomic E-state index is 0.00458. The zero-order chi connectivity index (χ0) is 15.0. The molecule has 0 saturated carbocycles. The lowest BCUT2D eigenvalue weighted by Crippen LogP contribution is -2.10. The Morgan fingerprint density at radius 1 is 0.900 bits per heavy atom. The third kappa shape index (κ3) is 2.57. The third-order valence-electron chi connectivity index (χ3n) is 2.54. The monoisotopic (exact) mass is 369 g/mol. The summed E-state index contributed by atoms with van der Waals surface area (Å²) >= 11 is 29.9. The second-order valence-electron chi connectivity index (χ2n) is 3.74. The number of nitrogens with one attached hydrogen (secondary N) is 1. The maximum atomic E-state index is 11.9. The highest BCUT2D eigenvalue weighted by Crippen LogP contribution is 2.47. The number of carbonyl (C=O) groups is 1. The minimum atomic E-state index is -0.492. The molecule has 104 valence electrons. The smallest absolute Gasteiger partial charge is 0.255 e. The summed E-state index contributed by atoms with van der Waals surface area (Å²) in [5.41, 5.74) is -0.0504. The molecule has 2 aromatic rings. The average molecular weight is 371 g/mol. The molecule has 1 aromatic heterocycles. The van der Waals surface area contributed by atoms with Gasteiger partial charge in [0.05, 0.1) is 30.7 Å². The van der Waals surface area contributed by atoms with Crippen molar-refractivity contribution in [1.29, 1.82) is 0 Å². The Balaban J connectivity index is 2.90. The van der Waals surface area contributed by atoms with Gasteiger partial charge in [-0.25, -0.2) is 0 Å². The first kappa shape index (κ1) is 15.7. The van der Waals surface area contributed by atoms with Crippen LogP contribution in [0.1, 0.15) is 10.4 Å². The van der Waals surface area contributed by atoms with Gasteiger partial charge in [0.25, 0.3) is 5.56 Å². The van der Waals surface area contributed by atoms with E-state index in [0.29, 0.717) is 6.29 Å². The number of pyridine rings is 1. The summed E-state index contributed by atoms with van der Waals surface area (Å²) in [7, 11) is 0. The quantitative estimate of drug-likeness (QED) is 0.452. The van der Waals surface area contributed by atoms with Gasteiger partial charge in [0.2, 0.25) is 0 Å². The summed E-state index contributed by atoms with van der Waals surface area (Å²) < 4.78 is 0. The van der Waals surface area contributed by atoms with Crippen LogP contribution in [0.25, 0.3) is 11.1 Å². The molecule has 2 rings (SSSR count). The molecule has 1 N–H and O–H groups in total. The summed E-state index contributed by atoms with van der Waals surface area (Å²) in [6.07, 6.45) is 1.83. The molecule has 3 nitrogen and oxygen atoms in total. The van der Waals surface area contributed by atoms with E-state index in [2.05, 4.69) is 4.98 Å². The Labute approximate surface area is 138 Å². The summed E-state index contributed by atoms with van der Waals surface area (Å²) in [6.45, 7) is 0. The molecular formula is C12H4Cl5NO2. The molecule has 0 aliphatic heterocycles. The highest BCUT2D eigenvalue weighted by atomic mass is 35.5. The topological polar surface area (TPSA) is 49.9 Å². The van der Waals surface area contributed by atoms with E-state index in [0.717, 1.165) is 0 Å². The van der Waals surface area contributed by atoms with Crippen molar-refractivity contribution in [1.82, 2.24) is 4.98 Å². The number of hydrogen-bond acceptors (Lipinski definition) is 2. The molecule has 20 heavy (non-hydrogen) atoms. The maximum absolute atomic E-state index is 11.9. The van der Waals surface area contributed by atoms with Gasteiger partial charge in [0, 0.05) is 17.3 Å². The number of benzene rings is 1. The van der Waals surface area contributed by atoms with E-state index < -0.39 is 5.56 Å². The van der Waals surface area contributed by atoms with Crippen LogP contribution >= 0.6 is 58.0 Å². The Morgan fingerprint density at radius 3 is 1.90 bits per heavy atom. The van der Waals surface area contributed by atoms with Gasteiger partial charge in [-0.3, -0.25) is 9.59 Å². The van der Waals surface area contributed by atoms with Crippen LogP contribution in [-0.2, 0) is 0 Å². The van der Waals surface area contributed by atoms with Crippen molar-refractivity contribution in [2.75, 3.05) is 0 Å². The van der Waals surface area contributed by atoms with Crippen LogP contribution < -0.4 is 5.56 Å². The van der Waals surface area contributed by atoms with Gasteiger partial charge < -0.3 is 4.98 Å². The van der Waals surface area contributed by atoms with Crippen LogP contribution in [0, 0.1) is 0 Å². The van der Waals surface area contributed by atoms with E-state index in [9.17, 15) is 9.59 Å². The van der Waals surface area contributed by atoms with E-state index in [1.165, 1.54) is 12.3 Å². The molecule has 0 atom stereocenters. The van der Waals surface area contributed by atoms with Gasteiger partial charge in [-0.15, -0.1) is 0 Å². The molecule has 0 saturated heterocycles. The molecule has 0 fully saturated rings. The summed E-state index contributed by atoms with van der Waals surface area (Å²) in [6, 6.07) is 1.33. The molecular weight excluding hydrogens is 367 g/mol. The number of H-pyrrole nitrogens is 1. The fraction of sp³-hybridized carbons (Fsp3) is 0. The van der Waals surface area contributed by atoms with Gasteiger partial charge in [0.15, 0.2) is 6.29 Å². The molecule has 0 radical (unpaired) electrons. The van der Waals surface area contributed by atoms with Gasteiger partial charge >= 0.3 is 0 Å². The standard InChI is InChI=1S/C12H4Cl5NO2/c13-7-6(8(14)10(16)11(17)9(7)15)5-1-4(3-19)2-18-12(5)20/h1-3H,(H,18,20). The Hall–Kier alpha value is -0.710. The van der Waals surface area contributed by atoms with Crippen LogP contribution in [0.3, 0.4) is 0 Å². The molecule has 0 spiro atoms. The van der Waals surface area contributed by atoms with Gasteiger partial charge in [-0.1, -0.05) is 58.0 Å². The SMILES string of the molecule is O=Cc1c[nH]c(=O)c(-c2c(Cl)c(Cl)c(Cl)c(Cl)c2Cl)c1. The number of carbonyl (C=O) groups excluding carboxylic acids is 1. The number of aromatic amines is 1. The second kappa shape index (κ2) is 5.96. The van der Waals surface area contributed by atoms with Crippen LogP contribution in [0.5, 0.6) is 0 Å². The normalized spacial score (nSPS) is 10.7. The first-order valence-corrected chi connectivity index (χ1v) is 6.97. The number of hydrogen-bond donors (Lipinski definition) is 1. The zero-order valence-electron chi connectivity index (χ0n) is 9.44. The van der Waals surface area contributed by atoms with E-state index >= 15 is 0 Å². The van der Waals surface area contributed by atoms with E-state index in [-0.39, 0.29) is 41.8 Å². The lowest BCUT2D eigenvalue weighted by Gasteiger charge is -2.12. The van der Waals surface area contributed by atoms with Crippen molar-refractivity contribution in [3.8, 4) is 11.1 Å². The lowest BCUT2D eigenvalue weighted by molar-refractivity contribution is 0.112. The van der Waals surface area contributed by atoms with Crippen LogP contribution in [0.15, 0.2) is 17.1 Å². The van der Waals surface area contributed by atoms with E-state index in [4.69, 9.17) is 58.0 Å². The van der Waals surface area contributed by atoms with Crippen molar-refractivity contribution in [3.63, 3.8) is 0 Å². The van der Waals surface area contributed by atoms with E-state index in [1.807, 2.05) is 0 Å². The molecule has 0 amide bonds. The molecule has 0 aliphatic rings. The summed E-state index contributed by atoms with van der Waals surface area (Å²) in [5, 5.41) is -0.0726. The van der Waals surface area contributed by atoms with Gasteiger partial charge in [0.1, 0.15) is 0 Å². The van der Waals surface area contributed by atoms with Gasteiger partial charge in [-0.05, 0) is 6.07 Å². The highest BCUT2D eigenvalue weighted by Gasteiger charge is 2.22. The Bertz CT molecular complexity index is 740. The fourth-order valence-corrected chi connectivity index (χ4v) is 2.94. The lowest BCUT2D eigenvalue weighted by atomic mass is 10.1. The van der Waals surface area contributed by atoms with Crippen molar-refractivity contribution >= 4 is 64.3 Å². The fourth-order valence-electron chi connectivity index (χ4n) is 1.60. The van der Waals surface area contributed by atoms with Gasteiger partial charge in [-0.2, -0.15) is 0 Å². The van der Waals surface area contributed by atoms with Crippen molar-refractivity contribution < 1.29 is 4.79 Å². The predicted molar refractivity (Wildman–Crippen MR) is 82.9 cm³/mol. The summed E-state index contributed by atoms with van der Waals surface area (Å²) in [5.74, 6) is 0. The number of aromatic nitrogens is 1. The van der Waals surface area contributed by atoms with Crippen LogP contribution in [0.2, 0.25) is 25.1 Å². The van der Waals surface area contributed by atoms with Crippen LogP contribution in [-0.4, -0.2) is 11.3 Å². The first-order valence-electron chi connectivity index (χ1n) is 5.08. The maximum Gasteiger partial charge on any atom is 0.255 e. The van der Waals surface area contributed by atoms with Crippen molar-refractivity contribution in [3.05, 3.63) is 53.3 Å². The second-order valence-corrected chi connectivity index (χ2v) is 5.63. The molecule has 1 aromatic carbocycles. The molecule has 1 heterocycles. The molecule has 0 aliphatic carbocycles. The third-order valence-corrected chi connectivity index (χ3v) is 4.82. The zero-order valence-corrected chi connectivity index (χ0v) is 13.2. The number of halogens is 5. The molecule has 0 bridgehead atoms. The number of aldehydes is 1. The van der Waals surface area contributed by atoms with Crippen LogP contribution in [0.4, 0.5) is 0 Å².